The number of likely N-dealkylation sites (N-methyl/N-ethyl adjacent to an activating group) is 1. The lowest BCUT2D eigenvalue weighted by Gasteiger charge is -2.27. The largest absolute Gasteiger partial charge is 0.390 e. The van der Waals surface area contributed by atoms with Gasteiger partial charge in [-0.15, -0.1) is 0 Å². The van der Waals surface area contributed by atoms with Crippen molar-refractivity contribution in [2.24, 2.45) is 0 Å². The van der Waals surface area contributed by atoms with E-state index >= 15 is 0 Å². The van der Waals surface area contributed by atoms with Crippen molar-refractivity contribution in [3.63, 3.8) is 0 Å². The third-order valence-electron chi connectivity index (χ3n) is 1.88. The van der Waals surface area contributed by atoms with Crippen LogP contribution in [0.3, 0.4) is 0 Å². The van der Waals surface area contributed by atoms with Crippen LogP contribution in [0, 0.1) is 0 Å². The summed E-state index contributed by atoms with van der Waals surface area (Å²) in [5.74, 6) is 0.187. The number of carbonyl (C=O) groups is 1. The number of hydrogen-bond donors (Lipinski definition) is 1. The normalized spacial score (nSPS) is 14.4. The van der Waals surface area contributed by atoms with Crippen LogP contribution in [0.15, 0.2) is 0 Å². The lowest BCUT2D eigenvalue weighted by Crippen LogP contribution is -2.50. The van der Waals surface area contributed by atoms with Crippen molar-refractivity contribution < 1.29 is 14.4 Å². The predicted molar refractivity (Wildman–Crippen MR) is 57.2 cm³/mol. The van der Waals surface area contributed by atoms with Gasteiger partial charge < -0.3 is 5.11 Å². The smallest absolute Gasteiger partial charge is 0.326 e. The number of carbonyl (C=O) groups excluding carboxylic acids is 1. The highest BCUT2D eigenvalue weighted by Crippen LogP contribution is 2.12. The van der Waals surface area contributed by atoms with Crippen molar-refractivity contribution in [1.29, 1.82) is 0 Å². The zero-order valence-electron chi connectivity index (χ0n) is 7.88. The number of halogens is 1. The fourth-order valence-electron chi connectivity index (χ4n) is 0.914. The lowest BCUT2D eigenvalue weighted by molar-refractivity contribution is -0.814. The molecule has 1 amide bonds. The Hall–Kier alpha value is 0.320. The maximum atomic E-state index is 11.6. The van der Waals surface area contributed by atoms with Crippen LogP contribution in [0.25, 0.3) is 0 Å². The third kappa shape index (κ3) is 3.37. The Morgan fingerprint density at radius 2 is 2.08 bits per heavy atom. The number of alkyl halides is 1. The second kappa shape index (κ2) is 5.14. The van der Waals surface area contributed by atoms with Crippen LogP contribution in [-0.2, 0) is 4.79 Å². The van der Waals surface area contributed by atoms with Crippen LogP contribution >= 0.6 is 22.6 Å². The summed E-state index contributed by atoms with van der Waals surface area (Å²) in [6.07, 6.45) is 0.854. The minimum Gasteiger partial charge on any atom is -0.390 e. The first kappa shape index (κ1) is 12.3. The predicted octanol–water partition coefficient (Wildman–Crippen LogP) is 0.795. The van der Waals surface area contributed by atoms with Crippen LogP contribution < -0.4 is 0 Å². The van der Waals surface area contributed by atoms with Crippen LogP contribution in [0.1, 0.15) is 13.3 Å². The minimum absolute atomic E-state index is 0.0594. The summed E-state index contributed by atoms with van der Waals surface area (Å²) < 4.78 is 0.335. The van der Waals surface area contributed by atoms with Gasteiger partial charge in [-0.05, 0) is 6.42 Å². The van der Waals surface area contributed by atoms with Gasteiger partial charge in [0.1, 0.15) is 10.5 Å². The maximum absolute atomic E-state index is 11.6. The van der Waals surface area contributed by atoms with E-state index in [9.17, 15) is 4.79 Å². The molecule has 0 aromatic heterocycles. The highest BCUT2D eigenvalue weighted by Gasteiger charge is 2.30. The fraction of sp³-hybridized carbons (Fsp3) is 0.875. The average Bonchev–Trinajstić information content (AvgIpc) is 2.01. The summed E-state index contributed by atoms with van der Waals surface area (Å²) >= 11 is 2.15. The SMILES string of the molecule is CCC(I)C(=O)[N+](C)(C)CCO. The van der Waals surface area contributed by atoms with E-state index in [0.29, 0.717) is 6.54 Å². The van der Waals surface area contributed by atoms with Crippen molar-refractivity contribution in [1.82, 2.24) is 0 Å². The number of aliphatic hydroxyl groups is 1. The Kier molecular flexibility index (Phi) is 5.27. The van der Waals surface area contributed by atoms with E-state index in [1.807, 2.05) is 21.0 Å². The molecule has 0 aliphatic rings. The van der Waals surface area contributed by atoms with Gasteiger partial charge in [-0.3, -0.25) is 4.48 Å². The molecule has 0 aliphatic carbocycles. The molecule has 0 radical (unpaired) electrons. The second-order valence-corrected chi connectivity index (χ2v) is 4.85. The molecular weight excluding hydrogens is 269 g/mol. The Balaban J connectivity index is 4.24. The number of quaternary nitrogens is 1. The quantitative estimate of drug-likeness (QED) is 0.471. The van der Waals surface area contributed by atoms with Crippen LogP contribution in [-0.4, -0.2) is 46.7 Å². The van der Waals surface area contributed by atoms with E-state index in [0.717, 1.165) is 6.42 Å². The van der Waals surface area contributed by atoms with Gasteiger partial charge in [0.25, 0.3) is 0 Å². The van der Waals surface area contributed by atoms with E-state index in [-0.39, 0.29) is 20.9 Å². The molecule has 0 bridgehead atoms. The van der Waals surface area contributed by atoms with E-state index < -0.39 is 0 Å². The van der Waals surface area contributed by atoms with Crippen molar-refractivity contribution in [2.75, 3.05) is 27.2 Å². The molecule has 1 N–H and O–H groups in total. The van der Waals surface area contributed by atoms with E-state index in [1.54, 1.807) is 0 Å². The molecule has 1 unspecified atom stereocenters. The summed E-state index contributed by atoms with van der Waals surface area (Å²) in [4.78, 5) is 11.6. The van der Waals surface area contributed by atoms with E-state index in [4.69, 9.17) is 5.11 Å². The molecule has 1 atom stereocenters. The van der Waals surface area contributed by atoms with Gasteiger partial charge in [-0.25, -0.2) is 4.79 Å². The summed E-state index contributed by atoms with van der Waals surface area (Å²) in [5, 5.41) is 8.73. The van der Waals surface area contributed by atoms with Gasteiger partial charge in [0.15, 0.2) is 0 Å². The number of amides is 1. The topological polar surface area (TPSA) is 37.3 Å². The monoisotopic (exact) mass is 286 g/mol. The van der Waals surface area contributed by atoms with Gasteiger partial charge in [-0.1, -0.05) is 29.5 Å². The molecule has 0 saturated carbocycles. The maximum Gasteiger partial charge on any atom is 0.326 e. The summed E-state index contributed by atoms with van der Waals surface area (Å²) in [6.45, 7) is 2.55. The number of nitrogens with zero attached hydrogens (tertiary/aromatic N) is 1. The molecule has 0 saturated heterocycles. The van der Waals surface area contributed by atoms with Crippen LogP contribution in [0.5, 0.6) is 0 Å². The number of aliphatic hydroxyl groups excluding tert-OH is 1. The van der Waals surface area contributed by atoms with Crippen LogP contribution in [0.4, 0.5) is 0 Å². The molecule has 0 aromatic carbocycles. The molecule has 0 aliphatic heterocycles. The van der Waals surface area contributed by atoms with Gasteiger partial charge in [0.2, 0.25) is 0 Å². The first-order valence-electron chi connectivity index (χ1n) is 4.08. The summed E-state index contributed by atoms with van der Waals surface area (Å²) in [5.41, 5.74) is 0. The molecule has 0 aromatic rings. The molecule has 0 rings (SSSR count). The van der Waals surface area contributed by atoms with Gasteiger partial charge in [0, 0.05) is 0 Å². The standard InChI is InChI=1S/C8H17INO2/c1-4-7(9)8(12)10(2,3)5-6-11/h7,11H,4-6H2,1-3H3/q+1. The minimum atomic E-state index is 0.0594. The molecule has 3 nitrogen and oxygen atoms in total. The first-order valence-corrected chi connectivity index (χ1v) is 5.32. The van der Waals surface area contributed by atoms with Gasteiger partial charge >= 0.3 is 5.91 Å². The molecule has 12 heavy (non-hydrogen) atoms. The lowest BCUT2D eigenvalue weighted by atomic mass is 10.3. The van der Waals surface area contributed by atoms with E-state index in [1.165, 1.54) is 0 Å². The molecular formula is C8H17INO2+. The fourth-order valence-corrected chi connectivity index (χ4v) is 1.67. The Bertz CT molecular complexity index is 159. The molecule has 0 heterocycles. The molecule has 72 valence electrons. The van der Waals surface area contributed by atoms with Crippen molar-refractivity contribution in [3.8, 4) is 0 Å². The average molecular weight is 286 g/mol. The van der Waals surface area contributed by atoms with Gasteiger partial charge in [-0.2, -0.15) is 0 Å². The van der Waals surface area contributed by atoms with E-state index in [2.05, 4.69) is 22.6 Å². The zero-order chi connectivity index (χ0) is 9.78. The summed E-state index contributed by atoms with van der Waals surface area (Å²) in [7, 11) is 3.67. The number of hydrogen-bond acceptors (Lipinski definition) is 2. The Morgan fingerprint density at radius 3 is 2.42 bits per heavy atom. The molecule has 0 spiro atoms. The highest BCUT2D eigenvalue weighted by molar-refractivity contribution is 14.1. The van der Waals surface area contributed by atoms with Crippen molar-refractivity contribution >= 4 is 28.5 Å². The third-order valence-corrected chi connectivity index (χ3v) is 3.30. The Morgan fingerprint density at radius 1 is 1.58 bits per heavy atom. The zero-order valence-corrected chi connectivity index (χ0v) is 10.0. The van der Waals surface area contributed by atoms with Crippen LogP contribution in [0.2, 0.25) is 0 Å². The van der Waals surface area contributed by atoms with Crippen molar-refractivity contribution in [2.45, 2.75) is 17.3 Å². The molecule has 0 fully saturated rings. The Labute approximate surface area is 87.5 Å². The molecule has 4 heteroatoms. The van der Waals surface area contributed by atoms with Gasteiger partial charge in [0.05, 0.1) is 20.7 Å². The first-order chi connectivity index (χ1) is 5.45. The second-order valence-electron chi connectivity index (χ2n) is 3.35. The van der Waals surface area contributed by atoms with Crippen molar-refractivity contribution in [3.05, 3.63) is 0 Å². The number of rotatable bonds is 4. The summed E-state index contributed by atoms with van der Waals surface area (Å²) in [6, 6.07) is 0. The highest BCUT2D eigenvalue weighted by atomic mass is 127.